The van der Waals surface area contributed by atoms with Crippen LogP contribution in [0.1, 0.15) is 27.8 Å². The largest absolute Gasteiger partial charge is 0.465 e. The van der Waals surface area contributed by atoms with E-state index in [0.717, 1.165) is 0 Å². The highest BCUT2D eigenvalue weighted by Crippen LogP contribution is 2.17. The van der Waals surface area contributed by atoms with Gasteiger partial charge in [0.2, 0.25) is 5.91 Å². The number of esters is 1. The summed E-state index contributed by atoms with van der Waals surface area (Å²) in [6.45, 7) is 4.13. The predicted molar refractivity (Wildman–Crippen MR) is 102 cm³/mol. The van der Waals surface area contributed by atoms with Gasteiger partial charge in [-0.1, -0.05) is 12.1 Å². The van der Waals surface area contributed by atoms with Crippen molar-refractivity contribution in [1.29, 1.82) is 0 Å². The fourth-order valence-electron chi connectivity index (χ4n) is 2.92. The Bertz CT molecular complexity index is 876. The predicted octanol–water partition coefficient (Wildman–Crippen LogP) is 1.18. The molecule has 1 N–H and O–H groups in total. The molecule has 0 unspecified atom stereocenters. The Labute approximate surface area is 162 Å². The topological polar surface area (TPSA) is 105 Å². The lowest BCUT2D eigenvalue weighted by atomic mass is 10.1. The number of carbonyl (C=O) groups is 3. The van der Waals surface area contributed by atoms with Gasteiger partial charge in [0.25, 0.3) is 5.91 Å². The van der Waals surface area contributed by atoms with Crippen LogP contribution in [0.2, 0.25) is 0 Å². The average molecular weight is 383 g/mol. The van der Waals surface area contributed by atoms with E-state index in [4.69, 9.17) is 4.74 Å². The molecule has 1 aromatic heterocycles. The van der Waals surface area contributed by atoms with Crippen LogP contribution < -0.4 is 10.2 Å². The standard InChI is InChI=1S/C19H21N5O4/c1-13(25)23-7-9-24(10-8-23)17-12-20-16(11-21-17)18(26)22-15-6-4-3-5-14(15)19(27)28-2/h3-6,11-12H,7-10H2,1-2H3,(H,22,26). The number of methoxy groups -OCH3 is 1. The van der Waals surface area contributed by atoms with Crippen molar-refractivity contribution in [2.45, 2.75) is 6.92 Å². The third-order valence-electron chi connectivity index (χ3n) is 4.50. The molecule has 1 aliphatic heterocycles. The molecule has 146 valence electrons. The molecule has 1 fully saturated rings. The van der Waals surface area contributed by atoms with Crippen LogP contribution in [0.15, 0.2) is 36.7 Å². The summed E-state index contributed by atoms with van der Waals surface area (Å²) in [5.74, 6) is -0.307. The molecule has 9 nitrogen and oxygen atoms in total. The number of hydrogen-bond donors (Lipinski definition) is 1. The minimum Gasteiger partial charge on any atom is -0.465 e. The van der Waals surface area contributed by atoms with E-state index >= 15 is 0 Å². The third kappa shape index (κ3) is 4.25. The zero-order chi connectivity index (χ0) is 20.1. The average Bonchev–Trinajstić information content (AvgIpc) is 2.73. The van der Waals surface area contributed by atoms with Crippen LogP contribution in [0.4, 0.5) is 11.5 Å². The third-order valence-corrected chi connectivity index (χ3v) is 4.50. The van der Waals surface area contributed by atoms with E-state index in [1.807, 2.05) is 4.90 Å². The van der Waals surface area contributed by atoms with Crippen molar-refractivity contribution >= 4 is 29.3 Å². The second kappa shape index (κ2) is 8.47. The monoisotopic (exact) mass is 383 g/mol. The molecule has 3 rings (SSSR count). The van der Waals surface area contributed by atoms with Crippen molar-refractivity contribution < 1.29 is 19.1 Å². The molecular formula is C19H21N5O4. The van der Waals surface area contributed by atoms with Gasteiger partial charge < -0.3 is 19.9 Å². The van der Waals surface area contributed by atoms with Gasteiger partial charge in [0, 0.05) is 33.1 Å². The molecule has 0 saturated carbocycles. The maximum Gasteiger partial charge on any atom is 0.339 e. The van der Waals surface area contributed by atoms with Gasteiger partial charge in [-0.3, -0.25) is 9.59 Å². The lowest BCUT2D eigenvalue weighted by Gasteiger charge is -2.34. The quantitative estimate of drug-likeness (QED) is 0.791. The van der Waals surface area contributed by atoms with Crippen molar-refractivity contribution in [3.8, 4) is 0 Å². The smallest absolute Gasteiger partial charge is 0.339 e. The first-order chi connectivity index (χ1) is 13.5. The maximum atomic E-state index is 12.5. The molecule has 0 radical (unpaired) electrons. The van der Waals surface area contributed by atoms with Gasteiger partial charge >= 0.3 is 5.97 Å². The highest BCUT2D eigenvalue weighted by molar-refractivity contribution is 6.06. The van der Waals surface area contributed by atoms with Gasteiger partial charge in [0.15, 0.2) is 0 Å². The Morgan fingerprint density at radius 3 is 2.36 bits per heavy atom. The van der Waals surface area contributed by atoms with Crippen molar-refractivity contribution in [3.05, 3.63) is 47.9 Å². The number of nitrogens with zero attached hydrogens (tertiary/aromatic N) is 4. The van der Waals surface area contributed by atoms with Crippen LogP contribution in [-0.2, 0) is 9.53 Å². The Balaban J connectivity index is 1.67. The van der Waals surface area contributed by atoms with Crippen LogP contribution in [0, 0.1) is 0 Å². The van der Waals surface area contributed by atoms with Crippen LogP contribution >= 0.6 is 0 Å². The van der Waals surface area contributed by atoms with E-state index in [1.54, 1.807) is 36.1 Å². The Morgan fingerprint density at radius 2 is 1.75 bits per heavy atom. The summed E-state index contributed by atoms with van der Waals surface area (Å²) in [7, 11) is 1.28. The zero-order valence-corrected chi connectivity index (χ0v) is 15.7. The Morgan fingerprint density at radius 1 is 1.04 bits per heavy atom. The van der Waals surface area contributed by atoms with Crippen LogP contribution in [0.25, 0.3) is 0 Å². The van der Waals surface area contributed by atoms with E-state index in [1.165, 1.54) is 19.5 Å². The molecule has 2 heterocycles. The first kappa shape index (κ1) is 19.3. The van der Waals surface area contributed by atoms with E-state index in [0.29, 0.717) is 37.7 Å². The lowest BCUT2D eigenvalue weighted by molar-refractivity contribution is -0.129. The number of carbonyl (C=O) groups excluding carboxylic acids is 3. The minimum absolute atomic E-state index is 0.0602. The molecule has 0 aliphatic carbocycles. The van der Waals surface area contributed by atoms with Gasteiger partial charge in [0.1, 0.15) is 11.5 Å². The second-order valence-corrected chi connectivity index (χ2v) is 6.24. The van der Waals surface area contributed by atoms with Crippen LogP contribution in [-0.4, -0.2) is 65.9 Å². The van der Waals surface area contributed by atoms with E-state index in [2.05, 4.69) is 15.3 Å². The first-order valence-corrected chi connectivity index (χ1v) is 8.81. The van der Waals surface area contributed by atoms with Gasteiger partial charge in [-0.15, -0.1) is 0 Å². The summed E-state index contributed by atoms with van der Waals surface area (Å²) >= 11 is 0. The molecule has 28 heavy (non-hydrogen) atoms. The minimum atomic E-state index is -0.540. The number of piperazine rings is 1. The number of ether oxygens (including phenoxy) is 1. The first-order valence-electron chi connectivity index (χ1n) is 8.81. The van der Waals surface area contributed by atoms with Gasteiger partial charge in [-0.25, -0.2) is 14.8 Å². The van der Waals surface area contributed by atoms with Crippen molar-refractivity contribution in [1.82, 2.24) is 14.9 Å². The summed E-state index contributed by atoms with van der Waals surface area (Å²) in [5.41, 5.74) is 0.725. The van der Waals surface area contributed by atoms with E-state index < -0.39 is 11.9 Å². The summed E-state index contributed by atoms with van der Waals surface area (Å²) < 4.78 is 4.72. The highest BCUT2D eigenvalue weighted by atomic mass is 16.5. The molecule has 1 aromatic carbocycles. The molecule has 9 heteroatoms. The fourth-order valence-corrected chi connectivity index (χ4v) is 2.92. The molecule has 2 aromatic rings. The number of aromatic nitrogens is 2. The van der Waals surface area contributed by atoms with Crippen molar-refractivity contribution in [2.24, 2.45) is 0 Å². The maximum absolute atomic E-state index is 12.5. The lowest BCUT2D eigenvalue weighted by Crippen LogP contribution is -2.48. The Hall–Kier alpha value is -3.49. The molecule has 0 spiro atoms. The van der Waals surface area contributed by atoms with Crippen LogP contribution in [0.5, 0.6) is 0 Å². The van der Waals surface area contributed by atoms with Crippen molar-refractivity contribution in [2.75, 3.05) is 43.5 Å². The van der Waals surface area contributed by atoms with Gasteiger partial charge in [-0.05, 0) is 12.1 Å². The summed E-state index contributed by atoms with van der Waals surface area (Å²) in [5, 5.41) is 2.66. The molecule has 0 atom stereocenters. The highest BCUT2D eigenvalue weighted by Gasteiger charge is 2.20. The summed E-state index contributed by atoms with van der Waals surface area (Å²) in [6, 6.07) is 6.57. The number of hydrogen-bond acceptors (Lipinski definition) is 7. The SMILES string of the molecule is COC(=O)c1ccccc1NC(=O)c1cnc(N2CCN(C(C)=O)CC2)cn1. The number of rotatable bonds is 4. The molecule has 2 amide bonds. The number of amides is 2. The molecular weight excluding hydrogens is 362 g/mol. The molecule has 1 aliphatic rings. The zero-order valence-electron chi connectivity index (χ0n) is 15.7. The molecule has 1 saturated heterocycles. The van der Waals surface area contributed by atoms with Crippen LogP contribution in [0.3, 0.4) is 0 Å². The number of anilines is 2. The number of benzene rings is 1. The second-order valence-electron chi connectivity index (χ2n) is 6.24. The molecule has 0 bridgehead atoms. The van der Waals surface area contributed by atoms with E-state index in [9.17, 15) is 14.4 Å². The van der Waals surface area contributed by atoms with E-state index in [-0.39, 0.29) is 17.2 Å². The fraction of sp³-hybridized carbons (Fsp3) is 0.316. The number of nitrogens with one attached hydrogen (secondary N) is 1. The van der Waals surface area contributed by atoms with Gasteiger partial charge in [-0.2, -0.15) is 0 Å². The number of para-hydroxylation sites is 1. The Kier molecular flexibility index (Phi) is 5.83. The summed E-state index contributed by atoms with van der Waals surface area (Å²) in [6.07, 6.45) is 2.92. The normalized spacial score (nSPS) is 13.8. The van der Waals surface area contributed by atoms with Gasteiger partial charge in [0.05, 0.1) is 30.8 Å². The van der Waals surface area contributed by atoms with Crippen molar-refractivity contribution in [3.63, 3.8) is 0 Å². The summed E-state index contributed by atoms with van der Waals surface area (Å²) in [4.78, 5) is 48.0.